The fourth-order valence-corrected chi connectivity index (χ4v) is 2.74. The van der Waals surface area contributed by atoms with Gasteiger partial charge in [-0.3, -0.25) is 4.79 Å². The highest BCUT2D eigenvalue weighted by molar-refractivity contribution is 7.90. The van der Waals surface area contributed by atoms with E-state index < -0.39 is 27.5 Å². The summed E-state index contributed by atoms with van der Waals surface area (Å²) in [6.07, 6.45) is -3.61. The Morgan fingerprint density at radius 1 is 1.09 bits per heavy atom. The maximum Gasteiger partial charge on any atom is 0.416 e. The van der Waals surface area contributed by atoms with Crippen LogP contribution >= 0.6 is 0 Å². The molecule has 0 bridgehead atoms. The molecular formula is C15H12F3NO3S. The molecule has 2 N–H and O–H groups in total. The molecule has 0 heterocycles. The maximum absolute atomic E-state index is 12.8. The first-order valence-electron chi connectivity index (χ1n) is 6.31. The molecule has 0 aliphatic heterocycles. The third-order valence-electron chi connectivity index (χ3n) is 3.19. The number of benzene rings is 2. The van der Waals surface area contributed by atoms with Crippen molar-refractivity contribution in [3.63, 3.8) is 0 Å². The lowest BCUT2D eigenvalue weighted by atomic mass is 9.97. The molecule has 0 spiro atoms. The van der Waals surface area contributed by atoms with Gasteiger partial charge < -0.3 is 5.73 Å². The van der Waals surface area contributed by atoms with Gasteiger partial charge in [0.1, 0.15) is 0 Å². The zero-order valence-electron chi connectivity index (χ0n) is 11.9. The average molecular weight is 343 g/mol. The van der Waals surface area contributed by atoms with Crippen LogP contribution in [0, 0.1) is 0 Å². The summed E-state index contributed by atoms with van der Waals surface area (Å²) in [6.45, 7) is 0. The molecule has 0 aliphatic rings. The van der Waals surface area contributed by atoms with Crippen molar-refractivity contribution < 1.29 is 26.4 Å². The summed E-state index contributed by atoms with van der Waals surface area (Å²) in [5.74, 6) is -1.03. The van der Waals surface area contributed by atoms with Crippen LogP contribution in [-0.2, 0) is 16.0 Å². The molecule has 0 aromatic heterocycles. The zero-order chi connectivity index (χ0) is 17.4. The molecule has 0 fully saturated rings. The summed E-state index contributed by atoms with van der Waals surface area (Å²) in [5.41, 5.74) is 4.25. The van der Waals surface area contributed by atoms with E-state index in [-0.39, 0.29) is 21.6 Å². The van der Waals surface area contributed by atoms with Gasteiger partial charge in [-0.15, -0.1) is 0 Å². The van der Waals surface area contributed by atoms with Crippen LogP contribution in [0.4, 0.5) is 13.2 Å². The van der Waals surface area contributed by atoms with Crippen LogP contribution in [0.3, 0.4) is 0 Å². The van der Waals surface area contributed by atoms with Gasteiger partial charge in [-0.1, -0.05) is 18.2 Å². The molecule has 0 saturated carbocycles. The maximum atomic E-state index is 12.8. The van der Waals surface area contributed by atoms with E-state index in [1.807, 2.05) is 0 Å². The van der Waals surface area contributed by atoms with E-state index in [1.54, 1.807) is 0 Å². The van der Waals surface area contributed by atoms with Crippen LogP contribution in [0.15, 0.2) is 47.4 Å². The molecule has 1 amide bonds. The fraction of sp³-hybridized carbons (Fsp3) is 0.133. The molecule has 2 aromatic carbocycles. The molecule has 0 unspecified atom stereocenters. The lowest BCUT2D eigenvalue weighted by Gasteiger charge is -2.12. The van der Waals surface area contributed by atoms with Crippen molar-refractivity contribution in [2.75, 3.05) is 6.26 Å². The number of hydrogen-bond acceptors (Lipinski definition) is 3. The molecule has 2 rings (SSSR count). The lowest BCUT2D eigenvalue weighted by Crippen LogP contribution is -2.15. The number of primary amides is 1. The highest BCUT2D eigenvalue weighted by Gasteiger charge is 2.31. The molecule has 0 saturated heterocycles. The molecule has 4 nitrogen and oxygen atoms in total. The van der Waals surface area contributed by atoms with Crippen molar-refractivity contribution in [3.8, 4) is 11.1 Å². The van der Waals surface area contributed by atoms with E-state index >= 15 is 0 Å². The predicted molar refractivity (Wildman–Crippen MR) is 78.5 cm³/mol. The minimum atomic E-state index is -4.61. The van der Waals surface area contributed by atoms with Gasteiger partial charge in [-0.2, -0.15) is 13.2 Å². The number of alkyl halides is 3. The van der Waals surface area contributed by atoms with Crippen molar-refractivity contribution in [2.45, 2.75) is 11.1 Å². The number of carbonyl (C=O) groups is 1. The first-order valence-corrected chi connectivity index (χ1v) is 8.21. The normalized spacial score (nSPS) is 12.2. The minimum Gasteiger partial charge on any atom is -0.366 e. The van der Waals surface area contributed by atoms with E-state index in [0.29, 0.717) is 6.07 Å². The number of rotatable bonds is 3. The van der Waals surface area contributed by atoms with Gasteiger partial charge in [-0.05, 0) is 35.4 Å². The Labute approximate surface area is 130 Å². The molecule has 23 heavy (non-hydrogen) atoms. The van der Waals surface area contributed by atoms with Crippen LogP contribution in [0.5, 0.6) is 0 Å². The quantitative estimate of drug-likeness (QED) is 0.931. The Morgan fingerprint density at radius 3 is 2.26 bits per heavy atom. The highest BCUT2D eigenvalue weighted by Crippen LogP contribution is 2.33. The highest BCUT2D eigenvalue weighted by atomic mass is 32.2. The van der Waals surface area contributed by atoms with E-state index in [9.17, 15) is 26.4 Å². The lowest BCUT2D eigenvalue weighted by molar-refractivity contribution is -0.137. The smallest absolute Gasteiger partial charge is 0.366 e. The van der Waals surface area contributed by atoms with Crippen molar-refractivity contribution >= 4 is 15.7 Å². The molecule has 0 radical (unpaired) electrons. The number of amides is 1. The second-order valence-electron chi connectivity index (χ2n) is 4.92. The summed E-state index contributed by atoms with van der Waals surface area (Å²) in [5, 5.41) is 0. The summed E-state index contributed by atoms with van der Waals surface area (Å²) in [6, 6.07) is 8.14. The topological polar surface area (TPSA) is 77.2 Å². The van der Waals surface area contributed by atoms with Crippen LogP contribution in [0.25, 0.3) is 11.1 Å². The third kappa shape index (κ3) is 3.70. The fourth-order valence-electron chi connectivity index (χ4n) is 2.07. The van der Waals surface area contributed by atoms with E-state index in [2.05, 4.69) is 0 Å². The molecule has 2 aromatic rings. The number of sulfone groups is 1. The Bertz CT molecular complexity index is 874. The summed E-state index contributed by atoms with van der Waals surface area (Å²) in [4.78, 5) is 11.5. The molecular weight excluding hydrogens is 331 g/mol. The Hall–Kier alpha value is -2.35. The zero-order valence-corrected chi connectivity index (χ0v) is 12.7. The molecule has 122 valence electrons. The van der Waals surface area contributed by atoms with E-state index in [1.165, 1.54) is 24.3 Å². The van der Waals surface area contributed by atoms with Gasteiger partial charge in [-0.25, -0.2) is 8.42 Å². The Balaban J connectivity index is 2.67. The number of nitrogens with two attached hydrogens (primary N) is 1. The van der Waals surface area contributed by atoms with E-state index in [0.717, 1.165) is 18.4 Å². The van der Waals surface area contributed by atoms with Gasteiger partial charge in [0.25, 0.3) is 0 Å². The van der Waals surface area contributed by atoms with Gasteiger partial charge in [0.15, 0.2) is 9.84 Å². The van der Waals surface area contributed by atoms with Gasteiger partial charge in [0.2, 0.25) is 5.91 Å². The predicted octanol–water partition coefficient (Wildman–Crippen LogP) is 2.87. The SMILES string of the molecule is CS(=O)(=O)c1cccc(-c2ccc(C(F)(F)F)cc2C(N)=O)c1. The Morgan fingerprint density at radius 2 is 1.74 bits per heavy atom. The van der Waals surface area contributed by atoms with Crippen molar-refractivity contribution in [3.05, 3.63) is 53.6 Å². The molecule has 0 atom stereocenters. The van der Waals surface area contributed by atoms with Crippen LogP contribution in [-0.4, -0.2) is 20.6 Å². The summed E-state index contributed by atoms with van der Waals surface area (Å²) >= 11 is 0. The van der Waals surface area contributed by atoms with Gasteiger partial charge in [0.05, 0.1) is 10.5 Å². The van der Waals surface area contributed by atoms with Crippen LogP contribution in [0.1, 0.15) is 15.9 Å². The first-order chi connectivity index (χ1) is 10.5. The number of halogens is 3. The second-order valence-corrected chi connectivity index (χ2v) is 6.94. The minimum absolute atomic E-state index is 0.00896. The average Bonchev–Trinajstić information content (AvgIpc) is 2.45. The number of carbonyl (C=O) groups excluding carboxylic acids is 1. The number of hydrogen-bond donors (Lipinski definition) is 1. The van der Waals surface area contributed by atoms with Crippen LogP contribution < -0.4 is 5.73 Å². The monoisotopic (exact) mass is 343 g/mol. The Kier molecular flexibility index (Phi) is 4.21. The van der Waals surface area contributed by atoms with Gasteiger partial charge >= 0.3 is 6.18 Å². The second kappa shape index (κ2) is 5.69. The van der Waals surface area contributed by atoms with Crippen molar-refractivity contribution in [2.24, 2.45) is 5.73 Å². The summed E-state index contributed by atoms with van der Waals surface area (Å²) < 4.78 is 61.4. The molecule has 0 aliphatic carbocycles. The van der Waals surface area contributed by atoms with E-state index in [4.69, 9.17) is 5.73 Å². The standard InChI is InChI=1S/C15H12F3NO3S/c1-23(21,22)11-4-2-3-9(7-11)12-6-5-10(15(16,17)18)8-13(12)14(19)20/h2-8H,1H3,(H2,19,20). The van der Waals surface area contributed by atoms with Gasteiger partial charge in [0, 0.05) is 11.8 Å². The third-order valence-corrected chi connectivity index (χ3v) is 4.30. The van der Waals surface area contributed by atoms with Crippen molar-refractivity contribution in [1.29, 1.82) is 0 Å². The largest absolute Gasteiger partial charge is 0.416 e. The summed E-state index contributed by atoms with van der Waals surface area (Å²) in [7, 11) is -3.49. The van der Waals surface area contributed by atoms with Crippen molar-refractivity contribution in [1.82, 2.24) is 0 Å². The molecule has 8 heteroatoms. The van der Waals surface area contributed by atoms with Crippen LogP contribution in [0.2, 0.25) is 0 Å². The first kappa shape index (κ1) is 17.0.